The topological polar surface area (TPSA) is 28.2 Å². The first kappa shape index (κ1) is 10.7. The highest BCUT2D eigenvalue weighted by Crippen LogP contribution is 2.13. The second kappa shape index (κ2) is 4.82. The highest BCUT2D eigenvalue weighted by molar-refractivity contribution is 5.78. The molecule has 1 aliphatic rings. The Labute approximate surface area is 101 Å². The smallest absolute Gasteiger partial charge is 0.0705 e. The minimum absolute atomic E-state index is 0.965. The van der Waals surface area contributed by atoms with E-state index in [0.717, 1.165) is 38.2 Å². The number of nitrogens with one attached hydrogen (secondary N) is 1. The number of fused-ring (bicyclic) bond motifs is 1. The van der Waals surface area contributed by atoms with Gasteiger partial charge in [-0.15, -0.1) is 0 Å². The fraction of sp³-hybridized carbons (Fsp3) is 0.357. The van der Waals surface area contributed by atoms with Crippen LogP contribution in [0.5, 0.6) is 0 Å². The van der Waals surface area contributed by atoms with Gasteiger partial charge in [-0.05, 0) is 12.1 Å². The average molecular weight is 227 g/mol. The molecule has 17 heavy (non-hydrogen) atoms. The largest absolute Gasteiger partial charge is 0.314 e. The molecule has 1 aromatic heterocycles. The number of piperazine rings is 1. The Morgan fingerprint density at radius 1 is 1.06 bits per heavy atom. The molecule has 2 aromatic rings. The molecule has 1 aromatic carbocycles. The van der Waals surface area contributed by atoms with Gasteiger partial charge in [0.05, 0.1) is 11.2 Å². The van der Waals surface area contributed by atoms with Gasteiger partial charge in [0.25, 0.3) is 0 Å². The predicted octanol–water partition coefficient (Wildman–Crippen LogP) is 1.64. The summed E-state index contributed by atoms with van der Waals surface area (Å²) in [6.45, 7) is 5.39. The molecule has 3 heteroatoms. The molecule has 88 valence electrons. The Balaban J connectivity index is 1.80. The van der Waals surface area contributed by atoms with Crippen LogP contribution in [-0.4, -0.2) is 36.1 Å². The van der Waals surface area contributed by atoms with Crippen LogP contribution < -0.4 is 5.32 Å². The number of nitrogens with zero attached hydrogens (tertiary/aromatic N) is 2. The monoisotopic (exact) mass is 227 g/mol. The SMILES string of the molecule is c1ccc2nc(CN3CCNCC3)ccc2c1. The number of pyridine rings is 1. The van der Waals surface area contributed by atoms with Gasteiger partial charge in [0.15, 0.2) is 0 Å². The fourth-order valence-corrected chi connectivity index (χ4v) is 2.29. The van der Waals surface area contributed by atoms with Gasteiger partial charge in [-0.1, -0.05) is 24.3 Å². The quantitative estimate of drug-likeness (QED) is 0.845. The van der Waals surface area contributed by atoms with Crippen LogP contribution in [-0.2, 0) is 6.54 Å². The maximum Gasteiger partial charge on any atom is 0.0705 e. The molecule has 0 amide bonds. The molecule has 0 atom stereocenters. The predicted molar refractivity (Wildman–Crippen MR) is 69.9 cm³/mol. The molecule has 1 aliphatic heterocycles. The van der Waals surface area contributed by atoms with Crippen LogP contribution in [0.2, 0.25) is 0 Å². The van der Waals surface area contributed by atoms with E-state index in [2.05, 4.69) is 40.5 Å². The molecule has 1 N–H and O–H groups in total. The number of hydrogen-bond donors (Lipinski definition) is 1. The Morgan fingerprint density at radius 3 is 2.76 bits per heavy atom. The lowest BCUT2D eigenvalue weighted by atomic mass is 10.2. The molecule has 1 saturated heterocycles. The van der Waals surface area contributed by atoms with Gasteiger partial charge in [-0.3, -0.25) is 9.88 Å². The summed E-state index contributed by atoms with van der Waals surface area (Å²) < 4.78 is 0. The molecule has 0 spiro atoms. The van der Waals surface area contributed by atoms with Crippen molar-refractivity contribution in [1.29, 1.82) is 0 Å². The second-order valence-electron chi connectivity index (χ2n) is 4.52. The highest BCUT2D eigenvalue weighted by atomic mass is 15.2. The number of rotatable bonds is 2. The first-order valence-electron chi connectivity index (χ1n) is 6.19. The van der Waals surface area contributed by atoms with Crippen molar-refractivity contribution in [2.75, 3.05) is 26.2 Å². The summed E-state index contributed by atoms with van der Waals surface area (Å²) in [5.41, 5.74) is 2.27. The number of hydrogen-bond acceptors (Lipinski definition) is 3. The number of aromatic nitrogens is 1. The fourth-order valence-electron chi connectivity index (χ4n) is 2.29. The van der Waals surface area contributed by atoms with Crippen molar-refractivity contribution in [3.8, 4) is 0 Å². The zero-order valence-electron chi connectivity index (χ0n) is 9.89. The van der Waals surface area contributed by atoms with Gasteiger partial charge in [0.1, 0.15) is 0 Å². The third-order valence-electron chi connectivity index (χ3n) is 3.25. The van der Waals surface area contributed by atoms with Crippen LogP contribution in [0.3, 0.4) is 0 Å². The molecule has 0 unspecified atom stereocenters. The molecule has 3 nitrogen and oxygen atoms in total. The van der Waals surface area contributed by atoms with Crippen molar-refractivity contribution in [1.82, 2.24) is 15.2 Å². The molecule has 0 aliphatic carbocycles. The summed E-state index contributed by atoms with van der Waals surface area (Å²) in [7, 11) is 0. The van der Waals surface area contributed by atoms with E-state index in [1.807, 2.05) is 6.07 Å². The summed E-state index contributed by atoms with van der Waals surface area (Å²) in [6.07, 6.45) is 0. The minimum Gasteiger partial charge on any atom is -0.314 e. The van der Waals surface area contributed by atoms with Crippen molar-refractivity contribution in [2.45, 2.75) is 6.54 Å². The Morgan fingerprint density at radius 2 is 1.88 bits per heavy atom. The lowest BCUT2D eigenvalue weighted by Gasteiger charge is -2.26. The summed E-state index contributed by atoms with van der Waals surface area (Å²) in [6, 6.07) is 12.6. The van der Waals surface area contributed by atoms with E-state index >= 15 is 0 Å². The van der Waals surface area contributed by atoms with E-state index in [9.17, 15) is 0 Å². The van der Waals surface area contributed by atoms with Crippen molar-refractivity contribution < 1.29 is 0 Å². The maximum atomic E-state index is 4.71. The molecular weight excluding hydrogens is 210 g/mol. The maximum absolute atomic E-state index is 4.71. The van der Waals surface area contributed by atoms with Crippen LogP contribution in [0.15, 0.2) is 36.4 Å². The van der Waals surface area contributed by atoms with Gasteiger partial charge in [-0.2, -0.15) is 0 Å². The zero-order chi connectivity index (χ0) is 11.5. The lowest BCUT2D eigenvalue weighted by molar-refractivity contribution is 0.231. The van der Waals surface area contributed by atoms with E-state index in [1.54, 1.807) is 0 Å². The number of para-hydroxylation sites is 1. The second-order valence-corrected chi connectivity index (χ2v) is 4.52. The first-order chi connectivity index (χ1) is 8.42. The van der Waals surface area contributed by atoms with Crippen molar-refractivity contribution in [3.05, 3.63) is 42.1 Å². The Bertz CT molecular complexity index is 504. The summed E-state index contributed by atoms with van der Waals surface area (Å²) >= 11 is 0. The summed E-state index contributed by atoms with van der Waals surface area (Å²) in [5.74, 6) is 0. The normalized spacial score (nSPS) is 17.4. The van der Waals surface area contributed by atoms with Gasteiger partial charge >= 0.3 is 0 Å². The van der Waals surface area contributed by atoms with E-state index in [0.29, 0.717) is 0 Å². The molecular formula is C14H17N3. The van der Waals surface area contributed by atoms with Crippen LogP contribution in [0.1, 0.15) is 5.69 Å². The average Bonchev–Trinajstić information content (AvgIpc) is 2.40. The Kier molecular flexibility index (Phi) is 3.03. The van der Waals surface area contributed by atoms with Crippen molar-refractivity contribution in [3.63, 3.8) is 0 Å². The first-order valence-corrected chi connectivity index (χ1v) is 6.19. The molecule has 0 bridgehead atoms. The van der Waals surface area contributed by atoms with Gasteiger partial charge in [-0.25, -0.2) is 0 Å². The van der Waals surface area contributed by atoms with Crippen molar-refractivity contribution in [2.24, 2.45) is 0 Å². The van der Waals surface area contributed by atoms with Crippen LogP contribution >= 0.6 is 0 Å². The van der Waals surface area contributed by atoms with Crippen LogP contribution in [0.25, 0.3) is 10.9 Å². The van der Waals surface area contributed by atoms with Gasteiger partial charge in [0.2, 0.25) is 0 Å². The molecule has 2 heterocycles. The molecule has 0 radical (unpaired) electrons. The van der Waals surface area contributed by atoms with Crippen molar-refractivity contribution >= 4 is 10.9 Å². The van der Waals surface area contributed by atoms with E-state index in [1.165, 1.54) is 11.1 Å². The summed E-state index contributed by atoms with van der Waals surface area (Å²) in [5, 5.41) is 4.59. The molecule has 3 rings (SSSR count). The van der Waals surface area contributed by atoms with Crippen LogP contribution in [0.4, 0.5) is 0 Å². The summed E-state index contributed by atoms with van der Waals surface area (Å²) in [4.78, 5) is 7.16. The van der Waals surface area contributed by atoms with E-state index in [4.69, 9.17) is 4.98 Å². The lowest BCUT2D eigenvalue weighted by Crippen LogP contribution is -2.43. The third kappa shape index (κ3) is 2.46. The Hall–Kier alpha value is -1.45. The number of benzene rings is 1. The highest BCUT2D eigenvalue weighted by Gasteiger charge is 2.10. The zero-order valence-corrected chi connectivity index (χ0v) is 9.89. The standard InChI is InChI=1S/C14H17N3/c1-2-4-14-12(3-1)5-6-13(16-14)11-17-9-7-15-8-10-17/h1-6,15H,7-11H2. The van der Waals surface area contributed by atoms with Gasteiger partial charge < -0.3 is 5.32 Å². The van der Waals surface area contributed by atoms with E-state index in [-0.39, 0.29) is 0 Å². The molecule has 1 fully saturated rings. The molecule has 0 saturated carbocycles. The third-order valence-corrected chi connectivity index (χ3v) is 3.25. The minimum atomic E-state index is 0.965. The van der Waals surface area contributed by atoms with Crippen LogP contribution in [0, 0.1) is 0 Å². The van der Waals surface area contributed by atoms with E-state index < -0.39 is 0 Å². The van der Waals surface area contributed by atoms with Gasteiger partial charge in [0, 0.05) is 38.1 Å².